The predicted molar refractivity (Wildman–Crippen MR) is 155 cm³/mol. The summed E-state index contributed by atoms with van der Waals surface area (Å²) in [6.45, 7) is 21.2. The highest BCUT2D eigenvalue weighted by atomic mass is 16.1. The molecule has 37 heavy (non-hydrogen) atoms. The molecule has 0 aliphatic heterocycles. The van der Waals surface area contributed by atoms with Gasteiger partial charge in [0, 0.05) is 24.8 Å². The normalized spacial score (nSPS) is 46.9. The molecule has 4 saturated carbocycles. The molecule has 7 atom stereocenters. The van der Waals surface area contributed by atoms with Crippen LogP contribution in [-0.2, 0) is 9.59 Å². The van der Waals surface area contributed by atoms with Crippen molar-refractivity contribution in [2.24, 2.45) is 50.2 Å². The van der Waals surface area contributed by atoms with Gasteiger partial charge in [0.2, 0.25) is 0 Å². The Kier molecular flexibility index (Phi) is 6.22. The van der Waals surface area contributed by atoms with Crippen molar-refractivity contribution in [1.29, 1.82) is 0 Å². The molecule has 4 fully saturated rings. The topological polar surface area (TPSA) is 34.1 Å². The number of Topliss-reactive ketones (excluding diaryl/α,β-unsaturated/α-hetero) is 1. The summed E-state index contributed by atoms with van der Waals surface area (Å²) >= 11 is 0. The number of carbonyl (C=O) groups is 2. The van der Waals surface area contributed by atoms with Gasteiger partial charge in [0.05, 0.1) is 0 Å². The minimum atomic E-state index is -0.330. The Bertz CT molecular complexity index is 1060. The molecule has 0 spiro atoms. The molecule has 2 heteroatoms. The quantitative estimate of drug-likeness (QED) is 0.373. The van der Waals surface area contributed by atoms with Crippen LogP contribution in [0.1, 0.15) is 128 Å². The van der Waals surface area contributed by atoms with Gasteiger partial charge in [-0.05, 0) is 103 Å². The van der Waals surface area contributed by atoms with Gasteiger partial charge < -0.3 is 0 Å². The summed E-state index contributed by atoms with van der Waals surface area (Å²) in [6.07, 6.45) is 17.4. The number of hydrogen-bond acceptors (Lipinski definition) is 2. The molecule has 0 aromatic rings. The number of carbonyl (C=O) groups excluding carboxylic acids is 2. The summed E-state index contributed by atoms with van der Waals surface area (Å²) in [7, 11) is 0. The van der Waals surface area contributed by atoms with Crippen molar-refractivity contribution in [3.05, 3.63) is 29.7 Å². The van der Waals surface area contributed by atoms with Crippen LogP contribution in [-0.4, -0.2) is 11.6 Å². The molecule has 6 rings (SSSR count). The largest absolute Gasteiger partial charge is 0.295 e. The molecule has 1 radical (unpaired) electrons. The Labute approximate surface area is 229 Å². The first-order chi connectivity index (χ1) is 17.2. The second-order valence-electron chi connectivity index (χ2n) is 15.8. The lowest BCUT2D eigenvalue weighted by Crippen LogP contribution is -2.65. The molecular formula is C35H55O2. The summed E-state index contributed by atoms with van der Waals surface area (Å²) in [5.41, 5.74) is 2.74. The molecule has 0 bridgehead atoms. The van der Waals surface area contributed by atoms with E-state index in [2.05, 4.69) is 54.5 Å². The highest BCUT2D eigenvalue weighted by molar-refractivity contribution is 6.07. The Morgan fingerprint density at radius 2 is 1.54 bits per heavy atom. The van der Waals surface area contributed by atoms with Gasteiger partial charge in [0.15, 0.2) is 11.6 Å². The fourth-order valence-corrected chi connectivity index (χ4v) is 11.0. The first-order valence-corrected chi connectivity index (χ1v) is 15.6. The maximum Gasteiger partial charge on any atom is 0.165 e. The summed E-state index contributed by atoms with van der Waals surface area (Å²) in [4.78, 5) is 28.3. The predicted octanol–water partition coefficient (Wildman–Crippen LogP) is 9.34. The van der Waals surface area contributed by atoms with Crippen molar-refractivity contribution in [2.45, 2.75) is 127 Å². The fraction of sp³-hybridized carbons (Fsp3) is 0.800. The Morgan fingerprint density at radius 3 is 2.19 bits per heavy atom. The van der Waals surface area contributed by atoms with E-state index in [1.165, 1.54) is 37.7 Å². The van der Waals surface area contributed by atoms with Crippen LogP contribution in [0.25, 0.3) is 0 Å². The molecule has 207 valence electrons. The summed E-state index contributed by atoms with van der Waals surface area (Å²) in [5.74, 6) is 1.52. The first-order valence-electron chi connectivity index (χ1n) is 15.6. The maximum absolute atomic E-state index is 14.4. The SMILES string of the molecule is CC.CC1(C)CC[C@]2(C(=O)C3=C[CH]3)CC[C@]3(C)[C@H](C(=O)C=C4[C@@]5(C)CCCC(C)(C)C5CC[C@]43C)[C@@H]2C1.[HH]. The van der Waals surface area contributed by atoms with Crippen LogP contribution in [0, 0.1) is 56.7 Å². The van der Waals surface area contributed by atoms with Crippen molar-refractivity contribution < 1.29 is 11.0 Å². The van der Waals surface area contributed by atoms with E-state index in [1.54, 1.807) is 0 Å². The van der Waals surface area contributed by atoms with E-state index in [9.17, 15) is 9.59 Å². The average molecular weight is 508 g/mol. The lowest BCUT2D eigenvalue weighted by atomic mass is 9.33. The van der Waals surface area contributed by atoms with E-state index < -0.39 is 0 Å². The average Bonchev–Trinajstić information content (AvgIpc) is 3.66. The van der Waals surface area contributed by atoms with E-state index >= 15 is 0 Å². The Balaban J connectivity index is 0.00000110. The smallest absolute Gasteiger partial charge is 0.165 e. The van der Waals surface area contributed by atoms with Crippen LogP contribution in [0.5, 0.6) is 0 Å². The van der Waals surface area contributed by atoms with Crippen molar-refractivity contribution >= 4 is 11.6 Å². The summed E-state index contributed by atoms with van der Waals surface area (Å²) in [6, 6.07) is 0. The molecule has 1 unspecified atom stereocenters. The zero-order valence-corrected chi connectivity index (χ0v) is 25.4. The maximum atomic E-state index is 14.4. The number of fused-ring (bicyclic) bond motifs is 7. The molecule has 6 aliphatic rings. The summed E-state index contributed by atoms with van der Waals surface area (Å²) in [5, 5.41) is 0. The molecular weight excluding hydrogens is 452 g/mol. The second-order valence-corrected chi connectivity index (χ2v) is 15.8. The molecule has 0 N–H and O–H groups in total. The number of allylic oxidation sites excluding steroid dienone is 4. The van der Waals surface area contributed by atoms with Crippen LogP contribution in [0.3, 0.4) is 0 Å². The van der Waals surface area contributed by atoms with Gasteiger partial charge in [-0.15, -0.1) is 0 Å². The van der Waals surface area contributed by atoms with Gasteiger partial charge in [-0.2, -0.15) is 0 Å². The van der Waals surface area contributed by atoms with Crippen molar-refractivity contribution in [2.75, 3.05) is 0 Å². The number of ketones is 2. The van der Waals surface area contributed by atoms with E-state index in [0.29, 0.717) is 22.9 Å². The molecule has 6 aliphatic carbocycles. The molecule has 2 nitrogen and oxygen atoms in total. The summed E-state index contributed by atoms with van der Waals surface area (Å²) < 4.78 is 0. The lowest BCUT2D eigenvalue weighted by Gasteiger charge is -2.69. The van der Waals surface area contributed by atoms with Gasteiger partial charge in [0.1, 0.15) is 0 Å². The standard InChI is InChI=1S/C33H47O2.C2H6.H2/c1-28(2)15-17-33(27(35)21-9-10-21)18-16-32(7)26(22(33)20-28)23(34)19-25-30(5)13-8-12-29(3,4)24(30)11-14-31(25,32)6;1-2;/h9-10,19,22,24,26H,8,11-18,20H2,1-7H3;1-2H3;1H/t22-,24?,26-,30-,31+,32+,33-;;/m0../s1. The van der Waals surface area contributed by atoms with Crippen LogP contribution < -0.4 is 0 Å². The van der Waals surface area contributed by atoms with Crippen LogP contribution in [0.4, 0.5) is 0 Å². The van der Waals surface area contributed by atoms with Gasteiger partial charge in [-0.3, -0.25) is 9.59 Å². The molecule has 0 aromatic carbocycles. The molecule has 0 heterocycles. The highest BCUT2D eigenvalue weighted by Crippen LogP contribution is 2.75. The van der Waals surface area contributed by atoms with Crippen LogP contribution in [0.15, 0.2) is 23.3 Å². The fourth-order valence-electron chi connectivity index (χ4n) is 11.0. The zero-order chi connectivity index (χ0) is 27.2. The van der Waals surface area contributed by atoms with Crippen molar-refractivity contribution in [1.82, 2.24) is 0 Å². The van der Waals surface area contributed by atoms with E-state index in [1.807, 2.05) is 26.3 Å². The van der Waals surface area contributed by atoms with Gasteiger partial charge in [0.25, 0.3) is 0 Å². The number of rotatable bonds is 2. The zero-order valence-electron chi connectivity index (χ0n) is 25.4. The third-order valence-corrected chi connectivity index (χ3v) is 13.2. The Hall–Kier alpha value is -1.18. The van der Waals surface area contributed by atoms with E-state index in [-0.39, 0.29) is 40.3 Å². The van der Waals surface area contributed by atoms with Gasteiger partial charge in [-0.1, -0.05) is 80.4 Å². The number of hydrogen-bond donors (Lipinski definition) is 0. The minimum absolute atomic E-state index is 0. The third-order valence-electron chi connectivity index (χ3n) is 13.2. The minimum Gasteiger partial charge on any atom is -0.295 e. The van der Waals surface area contributed by atoms with Crippen molar-refractivity contribution in [3.63, 3.8) is 0 Å². The Morgan fingerprint density at radius 1 is 0.892 bits per heavy atom. The van der Waals surface area contributed by atoms with Crippen LogP contribution >= 0.6 is 0 Å². The first kappa shape index (κ1) is 27.4. The molecule has 0 amide bonds. The lowest BCUT2D eigenvalue weighted by molar-refractivity contribution is -0.177. The van der Waals surface area contributed by atoms with E-state index in [4.69, 9.17) is 0 Å². The van der Waals surface area contributed by atoms with Gasteiger partial charge >= 0.3 is 0 Å². The van der Waals surface area contributed by atoms with E-state index in [0.717, 1.165) is 37.7 Å². The van der Waals surface area contributed by atoms with Crippen LogP contribution in [0.2, 0.25) is 0 Å². The molecule has 0 aromatic heterocycles. The highest BCUT2D eigenvalue weighted by Gasteiger charge is 2.70. The monoisotopic (exact) mass is 507 g/mol. The van der Waals surface area contributed by atoms with Gasteiger partial charge in [-0.25, -0.2) is 0 Å². The third kappa shape index (κ3) is 3.62. The molecule has 0 saturated heterocycles. The second kappa shape index (κ2) is 8.41. The van der Waals surface area contributed by atoms with Crippen molar-refractivity contribution in [3.8, 4) is 0 Å².